The van der Waals surface area contributed by atoms with E-state index in [0.29, 0.717) is 63.8 Å². The fraction of sp³-hybridized carbons (Fsp3) is 0.600. The summed E-state index contributed by atoms with van der Waals surface area (Å²) in [4.78, 5) is 83.6. The van der Waals surface area contributed by atoms with Crippen LogP contribution in [0, 0.1) is 0 Å². The molecule has 0 saturated carbocycles. The number of rotatable bonds is 18. The number of benzene rings is 3. The van der Waals surface area contributed by atoms with Crippen LogP contribution in [0.5, 0.6) is 17.2 Å². The van der Waals surface area contributed by atoms with Crippen LogP contribution in [-0.2, 0) is 85.8 Å². The number of aromatic hydroxyl groups is 3. The molecule has 0 fully saturated rings. The van der Waals surface area contributed by atoms with Gasteiger partial charge in [-0.1, -0.05) is 161 Å². The molecule has 0 amide bonds. The van der Waals surface area contributed by atoms with Crippen molar-refractivity contribution in [2.24, 2.45) is 0 Å². The molecule has 3 atom stereocenters. The van der Waals surface area contributed by atoms with E-state index in [1.165, 1.54) is 0 Å². The number of aromatic nitrogens is 3. The second kappa shape index (κ2) is 22.5. The number of phenols is 3. The summed E-state index contributed by atoms with van der Waals surface area (Å²) in [6.07, 6.45) is -6.23. The van der Waals surface area contributed by atoms with E-state index in [2.05, 4.69) is 0 Å². The number of aliphatic hydroxyl groups is 3. The first-order valence-corrected chi connectivity index (χ1v) is 26.1. The van der Waals surface area contributed by atoms with Gasteiger partial charge in [-0.15, -0.1) is 0 Å². The van der Waals surface area contributed by atoms with Gasteiger partial charge in [-0.25, -0.2) is 28.1 Å². The third kappa shape index (κ3) is 15.1. The van der Waals surface area contributed by atoms with Crippen LogP contribution in [-0.4, -0.2) is 80.0 Å². The lowest BCUT2D eigenvalue weighted by molar-refractivity contribution is -0.128. The molecule has 15 heteroatoms. The molecule has 6 N–H and O–H groups in total. The topological polar surface area (TPSA) is 239 Å². The van der Waals surface area contributed by atoms with E-state index >= 15 is 0 Å². The fourth-order valence-electron chi connectivity index (χ4n) is 9.22. The molecule has 1 heterocycles. The number of ketones is 3. The van der Waals surface area contributed by atoms with Crippen LogP contribution in [0.1, 0.15) is 194 Å². The zero-order valence-electron chi connectivity index (χ0n) is 48.0. The molecule has 75 heavy (non-hydrogen) atoms. The number of phenolic OH excluding ortho intramolecular Hbond substituents is 3. The number of carbonyl (C=O) groups excluding carboxylic acids is 3. The molecule has 0 saturated heterocycles. The average Bonchev–Trinajstić information content (AvgIpc) is 3.26. The lowest BCUT2D eigenvalue weighted by Gasteiger charge is -2.28. The van der Waals surface area contributed by atoms with Crippen molar-refractivity contribution in [3.63, 3.8) is 0 Å². The van der Waals surface area contributed by atoms with Gasteiger partial charge in [-0.2, -0.15) is 0 Å². The molecular weight excluding hydrogens is 955 g/mol. The van der Waals surface area contributed by atoms with E-state index in [1.54, 1.807) is 36.4 Å². The van der Waals surface area contributed by atoms with E-state index in [9.17, 15) is 59.4 Å². The quantitative estimate of drug-likeness (QED) is 0.0561. The first-order chi connectivity index (χ1) is 34.0. The van der Waals surface area contributed by atoms with Gasteiger partial charge in [0.2, 0.25) is 0 Å². The smallest absolute Gasteiger partial charge is 0.336 e. The maximum absolute atomic E-state index is 14.2. The van der Waals surface area contributed by atoms with Crippen LogP contribution >= 0.6 is 0 Å². The molecule has 4 aromatic rings. The number of nitrogens with zero attached hydrogens (tertiary/aromatic N) is 3. The Hall–Kier alpha value is -5.64. The highest BCUT2D eigenvalue weighted by atomic mass is 16.3. The van der Waals surface area contributed by atoms with Gasteiger partial charge in [0, 0.05) is 19.3 Å². The third-order valence-electron chi connectivity index (χ3n) is 13.9. The first kappa shape index (κ1) is 61.9. The Kier molecular flexibility index (Phi) is 18.6. The Morgan fingerprint density at radius 3 is 0.667 bits per heavy atom. The number of Topliss-reactive ketones (excluding diaryl/α,β-unsaturated/α-hetero) is 3. The molecule has 0 aliphatic rings. The minimum absolute atomic E-state index is 0.127. The first-order valence-electron chi connectivity index (χ1n) is 26.1. The van der Waals surface area contributed by atoms with Crippen LogP contribution in [0.15, 0.2) is 50.8 Å². The largest absolute Gasteiger partial charge is 0.507 e. The SMILES string of the molecule is CC(C)(C)c1cc(CCC(=O)C(O)Cn2c(=O)n(CC(O)C(=O)CCc3cc(C(C)(C)C)c(O)c(C(C)(C)C)c3)c(=O)n(CC(O)C(=O)CCc3cc(C(C)(C)C)c(O)c(C(C)(C)C)c3)c2=O)cc(C(C)(C)C)c1O. The van der Waals surface area contributed by atoms with Crippen molar-refractivity contribution >= 4 is 17.3 Å². The summed E-state index contributed by atoms with van der Waals surface area (Å²) in [6.45, 7) is 32.3. The highest BCUT2D eigenvalue weighted by Crippen LogP contribution is 2.43. The number of aryl methyl sites for hydroxylation is 3. The normalized spacial score (nSPS) is 14.2. The van der Waals surface area contributed by atoms with Crippen molar-refractivity contribution in [2.75, 3.05) is 0 Å². The molecule has 0 spiro atoms. The molecular formula is C60H87N3O12. The van der Waals surface area contributed by atoms with Crippen molar-refractivity contribution in [3.05, 3.63) is 118 Å². The summed E-state index contributed by atoms with van der Waals surface area (Å²) < 4.78 is 1.27. The molecule has 3 aromatic carbocycles. The van der Waals surface area contributed by atoms with Gasteiger partial charge in [-0.05, 0) is 102 Å². The van der Waals surface area contributed by atoms with Gasteiger partial charge < -0.3 is 30.6 Å². The van der Waals surface area contributed by atoms with Gasteiger partial charge in [-0.3, -0.25) is 14.4 Å². The van der Waals surface area contributed by atoms with E-state index in [-0.39, 0.29) is 55.8 Å². The van der Waals surface area contributed by atoms with Crippen molar-refractivity contribution in [1.82, 2.24) is 13.7 Å². The molecule has 414 valence electrons. The van der Waals surface area contributed by atoms with Gasteiger partial charge in [0.05, 0.1) is 19.6 Å². The van der Waals surface area contributed by atoms with Crippen LogP contribution in [0.4, 0.5) is 0 Å². The van der Waals surface area contributed by atoms with E-state index in [4.69, 9.17) is 0 Å². The lowest BCUT2D eigenvalue weighted by atomic mass is 9.78. The number of aliphatic hydroxyl groups excluding tert-OH is 3. The predicted molar refractivity (Wildman–Crippen MR) is 294 cm³/mol. The molecule has 15 nitrogen and oxygen atoms in total. The van der Waals surface area contributed by atoms with Crippen LogP contribution in [0.3, 0.4) is 0 Å². The summed E-state index contributed by atoms with van der Waals surface area (Å²) in [7, 11) is 0. The standard InChI is InChI=1S/C60H87N3O12/c1-55(2,3)37-25-34(26-38(49(37)70)56(4,5)6)19-22-43(64)46(67)31-61-52(73)62(32-47(68)44(65)23-20-35-27-39(57(7,8)9)50(71)40(28-35)58(10,11)12)54(75)63(53(61)74)33-48(69)45(66)24-21-36-29-41(59(13,14)15)51(72)42(30-36)60(16,17)18/h25-30,46-48,67-72H,19-24,31-33H2,1-18H3. The minimum atomic E-state index is -1.96. The molecule has 0 bridgehead atoms. The van der Waals surface area contributed by atoms with Crippen LogP contribution in [0.2, 0.25) is 0 Å². The summed E-state index contributed by atoms with van der Waals surface area (Å²) in [5.74, 6) is -1.81. The fourth-order valence-corrected chi connectivity index (χ4v) is 9.22. The van der Waals surface area contributed by atoms with E-state index < -0.39 is 105 Å². The Bertz CT molecular complexity index is 2510. The second-order valence-corrected chi connectivity index (χ2v) is 26.7. The summed E-state index contributed by atoms with van der Waals surface area (Å²) in [5, 5.41) is 67.7. The summed E-state index contributed by atoms with van der Waals surface area (Å²) >= 11 is 0. The Morgan fingerprint density at radius 2 is 0.520 bits per heavy atom. The molecule has 0 aliphatic carbocycles. The highest BCUT2D eigenvalue weighted by molar-refractivity contribution is 5.84. The summed E-state index contributed by atoms with van der Waals surface area (Å²) in [6, 6.07) is 10.8. The summed E-state index contributed by atoms with van der Waals surface area (Å²) in [5.41, 5.74) is -0.631. The van der Waals surface area contributed by atoms with Crippen LogP contribution < -0.4 is 17.1 Å². The Balaban J connectivity index is 1.72. The average molecular weight is 1040 g/mol. The monoisotopic (exact) mass is 1040 g/mol. The second-order valence-electron chi connectivity index (χ2n) is 26.7. The van der Waals surface area contributed by atoms with E-state index in [1.807, 2.05) is 125 Å². The third-order valence-corrected chi connectivity index (χ3v) is 13.9. The van der Waals surface area contributed by atoms with Gasteiger partial charge in [0.15, 0.2) is 17.3 Å². The Morgan fingerprint density at radius 1 is 0.360 bits per heavy atom. The molecule has 0 radical (unpaired) electrons. The highest BCUT2D eigenvalue weighted by Gasteiger charge is 2.32. The molecule has 4 rings (SSSR count). The van der Waals surface area contributed by atoms with Crippen LogP contribution in [0.25, 0.3) is 0 Å². The van der Waals surface area contributed by atoms with Gasteiger partial charge >= 0.3 is 17.1 Å². The van der Waals surface area contributed by atoms with Crippen molar-refractivity contribution in [1.29, 1.82) is 0 Å². The maximum atomic E-state index is 14.2. The lowest BCUT2D eigenvalue weighted by Crippen LogP contribution is -2.58. The predicted octanol–water partition coefficient (Wildman–Crippen LogP) is 7.76. The van der Waals surface area contributed by atoms with Crippen molar-refractivity contribution in [3.8, 4) is 17.2 Å². The van der Waals surface area contributed by atoms with Gasteiger partial charge in [0.25, 0.3) is 0 Å². The molecule has 0 aliphatic heterocycles. The molecule has 1 aromatic heterocycles. The Labute approximate surface area is 443 Å². The maximum Gasteiger partial charge on any atom is 0.336 e. The minimum Gasteiger partial charge on any atom is -0.507 e. The zero-order valence-corrected chi connectivity index (χ0v) is 48.0. The zero-order chi connectivity index (χ0) is 57.5. The number of hydrogen-bond donors (Lipinski definition) is 6. The molecule has 3 unspecified atom stereocenters. The van der Waals surface area contributed by atoms with Gasteiger partial charge in [0.1, 0.15) is 35.6 Å². The number of hydrogen-bond acceptors (Lipinski definition) is 12. The van der Waals surface area contributed by atoms with Crippen molar-refractivity contribution < 1.29 is 45.0 Å². The number of carbonyl (C=O) groups is 3. The van der Waals surface area contributed by atoms with Crippen molar-refractivity contribution in [2.45, 2.75) is 234 Å². The van der Waals surface area contributed by atoms with E-state index in [0.717, 1.165) is 0 Å².